The summed E-state index contributed by atoms with van der Waals surface area (Å²) >= 11 is 5.81. The number of aromatic nitrogens is 3. The van der Waals surface area contributed by atoms with Gasteiger partial charge in [0.1, 0.15) is 5.69 Å². The number of hydrogen-bond donors (Lipinski definition) is 2. The third-order valence-corrected chi connectivity index (χ3v) is 3.75. The highest BCUT2D eigenvalue weighted by Gasteiger charge is 2.30. The molecule has 2 aromatic carbocycles. The van der Waals surface area contributed by atoms with Crippen LogP contribution in [0, 0.1) is 0 Å². The predicted octanol–water partition coefficient (Wildman–Crippen LogP) is 4.17. The number of nitrogens with one attached hydrogen (secondary N) is 2. The van der Waals surface area contributed by atoms with E-state index in [2.05, 4.69) is 20.5 Å². The van der Waals surface area contributed by atoms with E-state index >= 15 is 0 Å². The predicted molar refractivity (Wildman–Crippen MR) is 91.6 cm³/mol. The van der Waals surface area contributed by atoms with Gasteiger partial charge in [0.2, 0.25) is 5.95 Å². The molecule has 0 aliphatic carbocycles. The minimum absolute atomic E-state index is 0.0471. The van der Waals surface area contributed by atoms with Crippen molar-refractivity contribution >= 4 is 23.2 Å². The molecule has 0 saturated heterocycles. The summed E-state index contributed by atoms with van der Waals surface area (Å²) in [6.45, 7) is 0. The largest absolute Gasteiger partial charge is 0.416 e. The van der Waals surface area contributed by atoms with Crippen molar-refractivity contribution in [1.82, 2.24) is 15.2 Å². The minimum atomic E-state index is -4.46. The molecule has 3 aromatic rings. The van der Waals surface area contributed by atoms with Gasteiger partial charge in [0.25, 0.3) is 5.56 Å². The third kappa shape index (κ3) is 4.40. The first-order valence-corrected chi connectivity index (χ1v) is 7.84. The van der Waals surface area contributed by atoms with E-state index in [4.69, 9.17) is 11.6 Å². The lowest BCUT2D eigenvalue weighted by Crippen LogP contribution is -2.19. The van der Waals surface area contributed by atoms with Gasteiger partial charge in [-0.15, -0.1) is 10.2 Å². The normalized spacial score (nSPS) is 11.4. The highest BCUT2D eigenvalue weighted by molar-refractivity contribution is 6.30. The van der Waals surface area contributed by atoms with Crippen molar-refractivity contribution < 1.29 is 13.2 Å². The van der Waals surface area contributed by atoms with Crippen molar-refractivity contribution in [3.05, 3.63) is 80.7 Å². The van der Waals surface area contributed by atoms with E-state index in [0.717, 1.165) is 17.7 Å². The van der Waals surface area contributed by atoms with E-state index in [1.165, 1.54) is 12.1 Å². The number of anilines is 2. The summed E-state index contributed by atoms with van der Waals surface area (Å²) in [5.74, 6) is -0.0471. The summed E-state index contributed by atoms with van der Waals surface area (Å²) in [6, 6.07) is 11.5. The maximum absolute atomic E-state index is 12.7. The van der Waals surface area contributed by atoms with Crippen molar-refractivity contribution in [2.24, 2.45) is 0 Å². The zero-order valence-corrected chi connectivity index (χ0v) is 13.9. The number of rotatable bonds is 4. The summed E-state index contributed by atoms with van der Waals surface area (Å²) in [7, 11) is 0. The lowest BCUT2D eigenvalue weighted by Gasteiger charge is -2.10. The van der Waals surface area contributed by atoms with Gasteiger partial charge >= 0.3 is 6.18 Å². The second-order valence-electron chi connectivity index (χ2n) is 5.46. The molecular formula is C17H12ClF3N4O. The van der Waals surface area contributed by atoms with Crippen LogP contribution in [0.3, 0.4) is 0 Å². The summed E-state index contributed by atoms with van der Waals surface area (Å²) in [5, 5.41) is 10.9. The summed E-state index contributed by atoms with van der Waals surface area (Å²) < 4.78 is 38.2. The fourth-order valence-electron chi connectivity index (χ4n) is 2.24. The molecular weight excluding hydrogens is 369 g/mol. The first-order valence-electron chi connectivity index (χ1n) is 7.46. The van der Waals surface area contributed by atoms with Crippen LogP contribution >= 0.6 is 11.6 Å². The van der Waals surface area contributed by atoms with E-state index in [1.54, 1.807) is 24.3 Å². The minimum Gasteiger partial charge on any atom is -0.324 e. The zero-order valence-electron chi connectivity index (χ0n) is 13.1. The van der Waals surface area contributed by atoms with Gasteiger partial charge in [0.15, 0.2) is 0 Å². The van der Waals surface area contributed by atoms with Crippen molar-refractivity contribution in [1.29, 1.82) is 0 Å². The van der Waals surface area contributed by atoms with Crippen LogP contribution in [0.4, 0.5) is 24.8 Å². The van der Waals surface area contributed by atoms with Crippen LogP contribution in [0.15, 0.2) is 53.3 Å². The van der Waals surface area contributed by atoms with Crippen molar-refractivity contribution in [2.45, 2.75) is 12.6 Å². The molecule has 0 fully saturated rings. The van der Waals surface area contributed by atoms with Gasteiger partial charge < -0.3 is 5.32 Å². The Balaban J connectivity index is 1.78. The van der Waals surface area contributed by atoms with E-state index < -0.39 is 17.3 Å². The van der Waals surface area contributed by atoms with Crippen LogP contribution < -0.4 is 10.9 Å². The van der Waals surface area contributed by atoms with E-state index in [-0.39, 0.29) is 23.8 Å². The second-order valence-corrected chi connectivity index (χ2v) is 5.89. The maximum Gasteiger partial charge on any atom is 0.416 e. The standard InChI is InChI=1S/C17H12ClF3N4O/c18-12-6-4-10(5-7-12)8-14-15(26)23-16(25-24-14)22-13-3-1-2-11(9-13)17(19,20)21/h1-7,9H,8H2,(H2,22,23,25,26). The van der Waals surface area contributed by atoms with Crippen LogP contribution in [-0.4, -0.2) is 15.2 Å². The molecule has 26 heavy (non-hydrogen) atoms. The lowest BCUT2D eigenvalue weighted by atomic mass is 10.1. The summed E-state index contributed by atoms with van der Waals surface area (Å²) in [4.78, 5) is 14.6. The molecule has 0 atom stereocenters. The molecule has 2 N–H and O–H groups in total. The molecule has 0 saturated carbocycles. The molecule has 1 heterocycles. The Morgan fingerprint density at radius 3 is 2.46 bits per heavy atom. The first kappa shape index (κ1) is 17.9. The lowest BCUT2D eigenvalue weighted by molar-refractivity contribution is -0.137. The Hall–Kier alpha value is -2.87. The van der Waals surface area contributed by atoms with E-state index in [0.29, 0.717) is 5.02 Å². The summed E-state index contributed by atoms with van der Waals surface area (Å²) in [6.07, 6.45) is -4.21. The van der Waals surface area contributed by atoms with Crippen LogP contribution in [0.1, 0.15) is 16.8 Å². The van der Waals surface area contributed by atoms with Gasteiger partial charge in [-0.05, 0) is 35.9 Å². The first-order chi connectivity index (χ1) is 12.3. The van der Waals surface area contributed by atoms with Crippen molar-refractivity contribution in [3.63, 3.8) is 0 Å². The number of halogens is 4. The zero-order chi connectivity index (χ0) is 18.7. The monoisotopic (exact) mass is 380 g/mol. The molecule has 3 rings (SSSR count). The SMILES string of the molecule is O=c1[nH]c(Nc2cccc(C(F)(F)F)c2)nnc1Cc1ccc(Cl)cc1. The maximum atomic E-state index is 12.7. The molecule has 1 aromatic heterocycles. The van der Waals surface area contributed by atoms with Crippen LogP contribution in [0.5, 0.6) is 0 Å². The van der Waals surface area contributed by atoms with E-state index in [9.17, 15) is 18.0 Å². The highest BCUT2D eigenvalue weighted by Crippen LogP contribution is 2.31. The Bertz CT molecular complexity index is 971. The van der Waals surface area contributed by atoms with Gasteiger partial charge in [-0.25, -0.2) is 0 Å². The third-order valence-electron chi connectivity index (χ3n) is 3.50. The van der Waals surface area contributed by atoms with Gasteiger partial charge in [-0.3, -0.25) is 9.78 Å². The van der Waals surface area contributed by atoms with Crippen LogP contribution in [0.2, 0.25) is 5.02 Å². The number of benzene rings is 2. The topological polar surface area (TPSA) is 70.7 Å². The number of aromatic amines is 1. The number of nitrogens with zero attached hydrogens (tertiary/aromatic N) is 2. The molecule has 5 nitrogen and oxygen atoms in total. The van der Waals surface area contributed by atoms with Gasteiger partial charge in [0.05, 0.1) is 5.56 Å². The second kappa shape index (κ2) is 7.17. The average Bonchev–Trinajstić information content (AvgIpc) is 2.59. The van der Waals surface area contributed by atoms with Gasteiger partial charge in [-0.2, -0.15) is 13.2 Å². The van der Waals surface area contributed by atoms with Crippen molar-refractivity contribution in [3.8, 4) is 0 Å². The highest BCUT2D eigenvalue weighted by atomic mass is 35.5. The van der Waals surface area contributed by atoms with Crippen LogP contribution in [0.25, 0.3) is 0 Å². The summed E-state index contributed by atoms with van der Waals surface area (Å²) in [5.41, 5.74) is -0.147. The van der Waals surface area contributed by atoms with Crippen LogP contribution in [-0.2, 0) is 12.6 Å². The molecule has 0 spiro atoms. The Morgan fingerprint density at radius 1 is 1.08 bits per heavy atom. The van der Waals surface area contributed by atoms with Crippen molar-refractivity contribution in [2.75, 3.05) is 5.32 Å². The number of hydrogen-bond acceptors (Lipinski definition) is 4. The quantitative estimate of drug-likeness (QED) is 0.712. The molecule has 0 aliphatic heterocycles. The Morgan fingerprint density at radius 2 is 1.81 bits per heavy atom. The molecule has 134 valence electrons. The molecule has 0 radical (unpaired) electrons. The Labute approximate surface area is 150 Å². The molecule has 0 unspecified atom stereocenters. The average molecular weight is 381 g/mol. The number of H-pyrrole nitrogens is 1. The number of alkyl halides is 3. The fraction of sp³-hybridized carbons (Fsp3) is 0.118. The molecule has 0 amide bonds. The van der Waals surface area contributed by atoms with Gasteiger partial charge in [-0.1, -0.05) is 29.8 Å². The molecule has 0 bridgehead atoms. The van der Waals surface area contributed by atoms with E-state index in [1.807, 2.05) is 0 Å². The smallest absolute Gasteiger partial charge is 0.324 e. The Kier molecular flexibility index (Phi) is 4.94. The molecule has 9 heteroatoms. The fourth-order valence-corrected chi connectivity index (χ4v) is 2.36. The van der Waals surface area contributed by atoms with Gasteiger partial charge in [0, 0.05) is 17.1 Å². The molecule has 0 aliphatic rings.